The zero-order valence-corrected chi connectivity index (χ0v) is 17.3. The molecule has 1 atom stereocenters. The van der Waals surface area contributed by atoms with Gasteiger partial charge in [-0.2, -0.15) is 0 Å². The summed E-state index contributed by atoms with van der Waals surface area (Å²) in [4.78, 5) is 24.0. The van der Waals surface area contributed by atoms with Gasteiger partial charge in [0.2, 0.25) is 11.8 Å². The Morgan fingerprint density at radius 3 is 2.77 bits per heavy atom. The third kappa shape index (κ3) is 4.27. The van der Waals surface area contributed by atoms with Crippen molar-refractivity contribution in [1.82, 2.24) is 15.1 Å². The lowest BCUT2D eigenvalue weighted by atomic mass is 10.0. The number of hydrogen-bond donors (Lipinski definition) is 2. The van der Waals surface area contributed by atoms with Crippen LogP contribution in [0.2, 0.25) is 0 Å². The van der Waals surface area contributed by atoms with Crippen LogP contribution in [-0.4, -0.2) is 28.1 Å². The van der Waals surface area contributed by atoms with E-state index in [-0.39, 0.29) is 24.2 Å². The van der Waals surface area contributed by atoms with Crippen LogP contribution in [0.3, 0.4) is 0 Å². The number of nitrogens with one attached hydrogen (secondary N) is 2. The number of hydrogen-bond acceptors (Lipinski definition) is 3. The average Bonchev–Trinajstić information content (AvgIpc) is 3.35. The average molecular weight is 402 g/mol. The topological polar surface area (TPSA) is 76.0 Å². The van der Waals surface area contributed by atoms with Crippen molar-refractivity contribution < 1.29 is 9.59 Å². The van der Waals surface area contributed by atoms with Crippen LogP contribution >= 0.6 is 0 Å². The number of carbonyl (C=O) groups excluding carboxylic acids is 2. The fourth-order valence-electron chi connectivity index (χ4n) is 3.80. The summed E-state index contributed by atoms with van der Waals surface area (Å²) in [5, 5.41) is 10.3. The van der Waals surface area contributed by atoms with E-state index in [0.29, 0.717) is 12.4 Å². The highest BCUT2D eigenvalue weighted by Gasteiger charge is 2.28. The molecule has 0 bridgehead atoms. The zero-order chi connectivity index (χ0) is 21.1. The number of aromatic nitrogens is 2. The van der Waals surface area contributed by atoms with E-state index >= 15 is 0 Å². The monoisotopic (exact) mass is 402 g/mol. The minimum atomic E-state index is -0.363. The molecule has 2 amide bonds. The van der Waals surface area contributed by atoms with E-state index in [4.69, 9.17) is 0 Å². The van der Waals surface area contributed by atoms with Crippen LogP contribution in [-0.2, 0) is 16.0 Å². The summed E-state index contributed by atoms with van der Waals surface area (Å²) in [5.74, 6) is -0.155. The molecule has 2 aromatic carbocycles. The fourth-order valence-corrected chi connectivity index (χ4v) is 3.80. The number of anilines is 1. The molecule has 0 aliphatic carbocycles. The molecule has 6 heteroatoms. The SMILES string of the molecule is CCCc1cccc(-c2cc(NC(=O)[C@H]3CNC(=O)C3)nn2-c2cccc(C)c2)c1. The Morgan fingerprint density at radius 1 is 1.20 bits per heavy atom. The molecule has 1 aliphatic heterocycles. The summed E-state index contributed by atoms with van der Waals surface area (Å²) >= 11 is 0. The first kappa shape index (κ1) is 19.9. The van der Waals surface area contributed by atoms with Crippen LogP contribution in [0.5, 0.6) is 0 Å². The van der Waals surface area contributed by atoms with Crippen molar-refractivity contribution in [2.24, 2.45) is 5.92 Å². The number of rotatable bonds is 6. The van der Waals surface area contributed by atoms with Gasteiger partial charge < -0.3 is 10.6 Å². The first-order valence-corrected chi connectivity index (χ1v) is 10.4. The number of aryl methyl sites for hydroxylation is 2. The predicted molar refractivity (Wildman–Crippen MR) is 117 cm³/mol. The molecule has 30 heavy (non-hydrogen) atoms. The van der Waals surface area contributed by atoms with Gasteiger partial charge in [0.1, 0.15) is 0 Å². The first-order valence-electron chi connectivity index (χ1n) is 10.4. The fraction of sp³-hybridized carbons (Fsp3) is 0.292. The minimum Gasteiger partial charge on any atom is -0.355 e. The van der Waals surface area contributed by atoms with Crippen molar-refractivity contribution in [3.63, 3.8) is 0 Å². The molecule has 1 saturated heterocycles. The van der Waals surface area contributed by atoms with Crippen LogP contribution in [0.1, 0.15) is 30.9 Å². The Hall–Kier alpha value is -3.41. The van der Waals surface area contributed by atoms with Crippen LogP contribution in [0, 0.1) is 12.8 Å². The standard InChI is InChI=1S/C24H26N4O2/c1-3-6-17-8-5-9-18(12-17)21-14-22(26-24(30)19-13-23(29)25-15-19)27-28(21)20-10-4-7-16(2)11-20/h4-5,7-12,14,19H,3,6,13,15H2,1-2H3,(H,25,29)(H,26,27,30)/t19-/m1/s1. The molecule has 2 heterocycles. The molecule has 4 rings (SSSR count). The predicted octanol–water partition coefficient (Wildman–Crippen LogP) is 3.87. The van der Waals surface area contributed by atoms with Gasteiger partial charge in [0, 0.05) is 24.6 Å². The van der Waals surface area contributed by atoms with Gasteiger partial charge in [-0.15, -0.1) is 5.10 Å². The number of nitrogens with zero attached hydrogens (tertiary/aromatic N) is 2. The van der Waals surface area contributed by atoms with E-state index in [1.807, 2.05) is 35.9 Å². The summed E-state index contributed by atoms with van der Waals surface area (Å²) in [6.07, 6.45) is 2.31. The molecular formula is C24H26N4O2. The second-order valence-corrected chi connectivity index (χ2v) is 7.81. The zero-order valence-electron chi connectivity index (χ0n) is 17.3. The maximum Gasteiger partial charge on any atom is 0.230 e. The Labute approximate surface area is 176 Å². The van der Waals surface area contributed by atoms with E-state index in [0.717, 1.165) is 35.3 Å². The smallest absolute Gasteiger partial charge is 0.230 e. The largest absolute Gasteiger partial charge is 0.355 e. The van der Waals surface area contributed by atoms with Gasteiger partial charge in [-0.3, -0.25) is 9.59 Å². The third-order valence-electron chi connectivity index (χ3n) is 5.32. The van der Waals surface area contributed by atoms with Crippen LogP contribution in [0.25, 0.3) is 16.9 Å². The molecule has 1 aromatic heterocycles. The summed E-state index contributed by atoms with van der Waals surface area (Å²) in [6, 6.07) is 18.4. The van der Waals surface area contributed by atoms with E-state index in [9.17, 15) is 9.59 Å². The summed E-state index contributed by atoms with van der Waals surface area (Å²) in [5.41, 5.74) is 5.30. The molecule has 154 valence electrons. The quantitative estimate of drug-likeness (QED) is 0.657. The van der Waals surface area contributed by atoms with E-state index in [2.05, 4.69) is 53.0 Å². The second-order valence-electron chi connectivity index (χ2n) is 7.81. The van der Waals surface area contributed by atoms with Gasteiger partial charge in [-0.1, -0.05) is 43.7 Å². The summed E-state index contributed by atoms with van der Waals surface area (Å²) in [7, 11) is 0. The molecule has 1 fully saturated rings. The Balaban J connectivity index is 1.71. The molecule has 0 radical (unpaired) electrons. The lowest BCUT2D eigenvalue weighted by molar-refractivity contribution is -0.123. The highest BCUT2D eigenvalue weighted by molar-refractivity contribution is 5.97. The second kappa shape index (κ2) is 8.53. The molecule has 1 aliphatic rings. The van der Waals surface area contributed by atoms with Crippen molar-refractivity contribution in [3.8, 4) is 16.9 Å². The lowest BCUT2D eigenvalue weighted by Gasteiger charge is -2.09. The minimum absolute atomic E-state index is 0.0890. The number of benzene rings is 2. The first-order chi connectivity index (χ1) is 14.5. The van der Waals surface area contributed by atoms with Gasteiger partial charge in [0.25, 0.3) is 0 Å². The van der Waals surface area contributed by atoms with Crippen molar-refractivity contribution in [2.75, 3.05) is 11.9 Å². The van der Waals surface area contributed by atoms with E-state index < -0.39 is 0 Å². The van der Waals surface area contributed by atoms with Crippen molar-refractivity contribution >= 4 is 17.6 Å². The van der Waals surface area contributed by atoms with Gasteiger partial charge in [-0.25, -0.2) is 4.68 Å². The maximum absolute atomic E-state index is 12.6. The molecule has 6 nitrogen and oxygen atoms in total. The summed E-state index contributed by atoms with van der Waals surface area (Å²) in [6.45, 7) is 4.58. The van der Waals surface area contributed by atoms with E-state index in [1.165, 1.54) is 5.56 Å². The normalized spacial score (nSPS) is 15.8. The number of carbonyl (C=O) groups is 2. The van der Waals surface area contributed by atoms with Gasteiger partial charge >= 0.3 is 0 Å². The van der Waals surface area contributed by atoms with E-state index in [1.54, 1.807) is 0 Å². The molecule has 2 N–H and O–H groups in total. The molecule has 0 saturated carbocycles. The highest BCUT2D eigenvalue weighted by Crippen LogP contribution is 2.28. The summed E-state index contributed by atoms with van der Waals surface area (Å²) < 4.78 is 1.87. The van der Waals surface area contributed by atoms with Crippen molar-refractivity contribution in [1.29, 1.82) is 0 Å². The molecule has 3 aromatic rings. The van der Waals surface area contributed by atoms with Crippen LogP contribution < -0.4 is 10.6 Å². The van der Waals surface area contributed by atoms with Crippen molar-refractivity contribution in [3.05, 3.63) is 65.7 Å². The lowest BCUT2D eigenvalue weighted by Crippen LogP contribution is -2.24. The Morgan fingerprint density at radius 2 is 2.03 bits per heavy atom. The third-order valence-corrected chi connectivity index (χ3v) is 5.32. The molecule has 0 unspecified atom stereocenters. The number of amides is 2. The maximum atomic E-state index is 12.6. The van der Waals surface area contributed by atoms with Gasteiger partial charge in [-0.05, 0) is 42.7 Å². The van der Waals surface area contributed by atoms with Crippen molar-refractivity contribution in [2.45, 2.75) is 33.1 Å². The molecular weight excluding hydrogens is 376 g/mol. The highest BCUT2D eigenvalue weighted by atomic mass is 16.2. The van der Waals surface area contributed by atoms with Gasteiger partial charge in [0.15, 0.2) is 5.82 Å². The van der Waals surface area contributed by atoms with Gasteiger partial charge in [0.05, 0.1) is 17.3 Å². The van der Waals surface area contributed by atoms with Crippen LogP contribution in [0.15, 0.2) is 54.6 Å². The van der Waals surface area contributed by atoms with Crippen LogP contribution in [0.4, 0.5) is 5.82 Å². The Bertz CT molecular complexity index is 1090. The molecule has 0 spiro atoms. The Kier molecular flexibility index (Phi) is 5.65.